The van der Waals surface area contributed by atoms with Crippen LogP contribution in [0, 0.1) is 11.7 Å². The quantitative estimate of drug-likeness (QED) is 0.800. The monoisotopic (exact) mass is 247 g/mol. The summed E-state index contributed by atoms with van der Waals surface area (Å²) in [6.45, 7) is 3.08. The Bertz CT molecular complexity index is 466. The number of halogens is 1. The van der Waals surface area contributed by atoms with Gasteiger partial charge in [-0.1, -0.05) is 12.1 Å². The third-order valence-corrected chi connectivity index (χ3v) is 4.18. The molecule has 0 N–H and O–H groups in total. The van der Waals surface area contributed by atoms with Crippen molar-refractivity contribution in [2.45, 2.75) is 25.7 Å². The molecule has 1 atom stereocenters. The zero-order valence-electron chi connectivity index (χ0n) is 10.5. The molecule has 1 aliphatic carbocycles. The maximum absolute atomic E-state index is 13.6. The summed E-state index contributed by atoms with van der Waals surface area (Å²) < 4.78 is 13.6. The SMILES string of the molecule is O=C1c2cccc(F)c2CCC1CN1CCCC1. The van der Waals surface area contributed by atoms with Crippen molar-refractivity contribution in [3.63, 3.8) is 0 Å². The Kier molecular flexibility index (Phi) is 3.16. The molecular formula is C15H18FNO. The normalized spacial score (nSPS) is 24.3. The summed E-state index contributed by atoms with van der Waals surface area (Å²) in [5.41, 5.74) is 1.24. The van der Waals surface area contributed by atoms with Crippen LogP contribution >= 0.6 is 0 Å². The molecule has 18 heavy (non-hydrogen) atoms. The topological polar surface area (TPSA) is 20.3 Å². The zero-order valence-corrected chi connectivity index (χ0v) is 10.5. The lowest BCUT2D eigenvalue weighted by molar-refractivity contribution is 0.0867. The fourth-order valence-electron chi connectivity index (χ4n) is 3.16. The molecule has 2 nitrogen and oxygen atoms in total. The number of benzene rings is 1. The molecule has 1 aliphatic heterocycles. The van der Waals surface area contributed by atoms with Crippen LogP contribution in [0.2, 0.25) is 0 Å². The molecule has 1 aromatic rings. The van der Waals surface area contributed by atoms with E-state index in [-0.39, 0.29) is 17.5 Å². The van der Waals surface area contributed by atoms with Crippen LogP contribution in [0.25, 0.3) is 0 Å². The zero-order chi connectivity index (χ0) is 12.5. The van der Waals surface area contributed by atoms with Gasteiger partial charge in [0.05, 0.1) is 0 Å². The van der Waals surface area contributed by atoms with Crippen molar-refractivity contribution in [3.05, 3.63) is 35.1 Å². The van der Waals surface area contributed by atoms with E-state index in [0.717, 1.165) is 26.1 Å². The summed E-state index contributed by atoms with van der Waals surface area (Å²) >= 11 is 0. The highest BCUT2D eigenvalue weighted by Crippen LogP contribution is 2.28. The Balaban J connectivity index is 1.79. The van der Waals surface area contributed by atoms with Crippen molar-refractivity contribution in [1.29, 1.82) is 0 Å². The van der Waals surface area contributed by atoms with Crippen LogP contribution in [0.3, 0.4) is 0 Å². The molecule has 1 fully saturated rings. The van der Waals surface area contributed by atoms with E-state index in [2.05, 4.69) is 4.90 Å². The van der Waals surface area contributed by atoms with Crippen molar-refractivity contribution in [1.82, 2.24) is 4.90 Å². The number of carbonyl (C=O) groups is 1. The number of Topliss-reactive ketones (excluding diaryl/α,β-unsaturated/α-hetero) is 1. The summed E-state index contributed by atoms with van der Waals surface area (Å²) in [6.07, 6.45) is 3.98. The minimum absolute atomic E-state index is 0.0670. The average Bonchev–Trinajstić information content (AvgIpc) is 2.86. The first-order valence-electron chi connectivity index (χ1n) is 6.79. The van der Waals surface area contributed by atoms with Crippen LogP contribution in [0.5, 0.6) is 0 Å². The molecule has 0 amide bonds. The Labute approximate surface area is 107 Å². The van der Waals surface area contributed by atoms with E-state index in [0.29, 0.717) is 17.5 Å². The molecule has 1 saturated heterocycles. The molecule has 1 aromatic carbocycles. The predicted octanol–water partition coefficient (Wildman–Crippen LogP) is 2.67. The number of ketones is 1. The molecule has 96 valence electrons. The summed E-state index contributed by atoms with van der Waals surface area (Å²) in [5, 5.41) is 0. The fourth-order valence-corrected chi connectivity index (χ4v) is 3.16. The number of rotatable bonds is 2. The minimum atomic E-state index is -0.222. The van der Waals surface area contributed by atoms with E-state index < -0.39 is 0 Å². The van der Waals surface area contributed by atoms with Gasteiger partial charge in [0.1, 0.15) is 5.82 Å². The maximum Gasteiger partial charge on any atom is 0.167 e. The van der Waals surface area contributed by atoms with Gasteiger partial charge in [-0.2, -0.15) is 0 Å². The highest BCUT2D eigenvalue weighted by atomic mass is 19.1. The van der Waals surface area contributed by atoms with Crippen LogP contribution in [0.4, 0.5) is 4.39 Å². The minimum Gasteiger partial charge on any atom is -0.303 e. The van der Waals surface area contributed by atoms with Crippen molar-refractivity contribution < 1.29 is 9.18 Å². The van der Waals surface area contributed by atoms with Gasteiger partial charge in [0.15, 0.2) is 5.78 Å². The first-order chi connectivity index (χ1) is 8.75. The lowest BCUT2D eigenvalue weighted by Crippen LogP contribution is -2.34. The third kappa shape index (κ3) is 2.07. The fraction of sp³-hybridized carbons (Fsp3) is 0.533. The second-order valence-electron chi connectivity index (χ2n) is 5.37. The van der Waals surface area contributed by atoms with Gasteiger partial charge in [0.2, 0.25) is 0 Å². The van der Waals surface area contributed by atoms with E-state index in [1.807, 2.05) is 0 Å². The molecule has 0 spiro atoms. The standard InChI is InChI=1S/C15H18FNO/c16-14-5-3-4-13-12(14)7-6-11(15(13)18)10-17-8-1-2-9-17/h3-5,11H,1-2,6-10H2. The van der Waals surface area contributed by atoms with Gasteiger partial charge in [-0.25, -0.2) is 4.39 Å². The first kappa shape index (κ1) is 11.8. The predicted molar refractivity (Wildman–Crippen MR) is 68.2 cm³/mol. The van der Waals surface area contributed by atoms with Crippen LogP contribution in [0.1, 0.15) is 35.2 Å². The molecule has 0 aromatic heterocycles. The molecule has 3 heteroatoms. The Morgan fingerprint density at radius 3 is 2.83 bits per heavy atom. The van der Waals surface area contributed by atoms with Gasteiger partial charge in [-0.15, -0.1) is 0 Å². The molecule has 1 heterocycles. The van der Waals surface area contributed by atoms with Crippen LogP contribution < -0.4 is 0 Å². The average molecular weight is 247 g/mol. The molecular weight excluding hydrogens is 229 g/mol. The van der Waals surface area contributed by atoms with E-state index in [1.165, 1.54) is 18.9 Å². The number of fused-ring (bicyclic) bond motifs is 1. The lowest BCUT2D eigenvalue weighted by Gasteiger charge is -2.27. The van der Waals surface area contributed by atoms with Gasteiger partial charge < -0.3 is 4.90 Å². The van der Waals surface area contributed by atoms with E-state index in [1.54, 1.807) is 12.1 Å². The van der Waals surface area contributed by atoms with Gasteiger partial charge in [-0.05, 0) is 50.4 Å². The van der Waals surface area contributed by atoms with Gasteiger partial charge in [-0.3, -0.25) is 4.79 Å². The third-order valence-electron chi connectivity index (χ3n) is 4.18. The van der Waals surface area contributed by atoms with Gasteiger partial charge in [0, 0.05) is 18.0 Å². The molecule has 2 aliphatic rings. The second kappa shape index (κ2) is 4.81. The van der Waals surface area contributed by atoms with Crippen molar-refractivity contribution >= 4 is 5.78 Å². The van der Waals surface area contributed by atoms with Gasteiger partial charge in [0.25, 0.3) is 0 Å². The Morgan fingerprint density at radius 2 is 2.06 bits per heavy atom. The lowest BCUT2D eigenvalue weighted by atomic mass is 9.82. The molecule has 3 rings (SSSR count). The molecule has 1 unspecified atom stereocenters. The number of hydrogen-bond acceptors (Lipinski definition) is 2. The summed E-state index contributed by atoms with van der Waals surface area (Å²) in [6, 6.07) is 4.87. The van der Waals surface area contributed by atoms with Crippen molar-refractivity contribution in [3.8, 4) is 0 Å². The van der Waals surface area contributed by atoms with Crippen LogP contribution in [-0.2, 0) is 6.42 Å². The summed E-state index contributed by atoms with van der Waals surface area (Å²) in [4.78, 5) is 14.7. The van der Waals surface area contributed by atoms with Crippen LogP contribution in [0.15, 0.2) is 18.2 Å². The van der Waals surface area contributed by atoms with Crippen molar-refractivity contribution in [2.75, 3.05) is 19.6 Å². The second-order valence-corrected chi connectivity index (χ2v) is 5.37. The number of likely N-dealkylation sites (tertiary alicyclic amines) is 1. The highest BCUT2D eigenvalue weighted by Gasteiger charge is 2.30. The smallest absolute Gasteiger partial charge is 0.167 e. The maximum atomic E-state index is 13.6. The van der Waals surface area contributed by atoms with E-state index in [4.69, 9.17) is 0 Å². The van der Waals surface area contributed by atoms with E-state index in [9.17, 15) is 9.18 Å². The van der Waals surface area contributed by atoms with E-state index >= 15 is 0 Å². The first-order valence-corrected chi connectivity index (χ1v) is 6.79. The molecule has 0 saturated carbocycles. The summed E-state index contributed by atoms with van der Waals surface area (Å²) in [5.74, 6) is -0.0134. The molecule has 0 bridgehead atoms. The number of nitrogens with zero attached hydrogens (tertiary/aromatic N) is 1. The largest absolute Gasteiger partial charge is 0.303 e. The summed E-state index contributed by atoms with van der Waals surface area (Å²) in [7, 11) is 0. The van der Waals surface area contributed by atoms with Gasteiger partial charge >= 0.3 is 0 Å². The van der Waals surface area contributed by atoms with Crippen molar-refractivity contribution in [2.24, 2.45) is 5.92 Å². The Morgan fingerprint density at radius 1 is 1.28 bits per heavy atom. The number of carbonyl (C=O) groups excluding carboxylic acids is 1. The molecule has 0 radical (unpaired) electrons. The van der Waals surface area contributed by atoms with Crippen LogP contribution in [-0.4, -0.2) is 30.3 Å². The Hall–Kier alpha value is -1.22. The highest BCUT2D eigenvalue weighted by molar-refractivity contribution is 6.00. The number of hydrogen-bond donors (Lipinski definition) is 0.